The van der Waals surface area contributed by atoms with Crippen LogP contribution in [0.1, 0.15) is 44.9 Å². The van der Waals surface area contributed by atoms with Crippen LogP contribution >= 0.6 is 30.2 Å². The van der Waals surface area contributed by atoms with Crippen LogP contribution in [0.2, 0.25) is 0 Å². The number of ether oxygens (including phenoxy) is 2. The number of fused-ring (bicyclic) bond motifs is 2. The molecule has 2 aliphatic rings. The van der Waals surface area contributed by atoms with Gasteiger partial charge in [-0.05, 0) is 56.0 Å². The van der Waals surface area contributed by atoms with Gasteiger partial charge in [0, 0.05) is 55.1 Å². The number of nitrogens with two attached hydrogens (primary N) is 1. The minimum atomic E-state index is -4.61. The molecule has 0 fully saturated rings. The van der Waals surface area contributed by atoms with E-state index in [1.165, 1.54) is 64.4 Å². The van der Waals surface area contributed by atoms with Crippen LogP contribution in [-0.4, -0.2) is 91.6 Å². The largest absolute Gasteiger partial charge is 0.481 e. The first-order valence-corrected chi connectivity index (χ1v) is 22.0. The number of rotatable bonds is 11. The minimum absolute atomic E-state index is 0.0412. The molecule has 2 aromatic carbocycles. The van der Waals surface area contributed by atoms with Gasteiger partial charge in [0.05, 0.1) is 12.2 Å². The van der Waals surface area contributed by atoms with Crippen LogP contribution in [-0.2, 0) is 38.1 Å². The number of hydrogen-bond acceptors (Lipinski definition) is 13. The number of anilines is 2. The Morgan fingerprint density at radius 2 is 1.87 bits per heavy atom. The maximum Gasteiger partial charge on any atom is 0.445 e. The fraction of sp³-hybridized carbons (Fsp3) is 0.432. The second-order valence-corrected chi connectivity index (χ2v) is 18.9. The molecule has 2 unspecified atom stereocenters. The summed E-state index contributed by atoms with van der Waals surface area (Å²) in [6.45, 7) is 9.21. The number of carbonyl (C=O) groups excluding carboxylic acids is 2. The van der Waals surface area contributed by atoms with Crippen LogP contribution < -0.4 is 29.8 Å². The highest BCUT2D eigenvalue weighted by Crippen LogP contribution is 2.38. The number of amides is 2. The SMILES string of the molecule is C#CCN1C(=O)COc2cc(F)c(/N=c3\snc4n3CC(C)(C)C4)cc21.CC(C)N(C(=O)COc1nnc(C(F)(F)F)s1)c1ccc(F)cc1.CP(=O)(O)CCC(N)C(=O)O. The smallest absolute Gasteiger partial charge is 0.445 e. The lowest BCUT2D eigenvalue weighted by Crippen LogP contribution is -2.40. The fourth-order valence-electron chi connectivity index (χ4n) is 5.66. The first kappa shape index (κ1) is 48.4. The minimum Gasteiger partial charge on any atom is -0.481 e. The van der Waals surface area contributed by atoms with Crippen molar-refractivity contribution in [3.63, 3.8) is 0 Å². The summed E-state index contributed by atoms with van der Waals surface area (Å²) < 4.78 is 92.3. The number of carboxylic acids is 1. The van der Waals surface area contributed by atoms with Crippen LogP contribution in [0.25, 0.3) is 0 Å². The third-order valence-corrected chi connectivity index (χ3v) is 11.2. The molecule has 4 heterocycles. The quantitative estimate of drug-likeness (QED) is 0.0972. The van der Waals surface area contributed by atoms with Crippen molar-refractivity contribution in [3.8, 4) is 23.3 Å². The maximum atomic E-state index is 14.5. The van der Waals surface area contributed by atoms with Gasteiger partial charge in [-0.25, -0.2) is 13.8 Å². The van der Waals surface area contributed by atoms with Gasteiger partial charge < -0.3 is 34.7 Å². The van der Waals surface area contributed by atoms with Crippen LogP contribution in [0, 0.1) is 29.4 Å². The topological polar surface area (TPSA) is 216 Å². The average Bonchev–Trinajstić information content (AvgIpc) is 3.87. The highest BCUT2D eigenvalue weighted by atomic mass is 32.1. The zero-order valence-corrected chi connectivity index (χ0v) is 35.9. The summed E-state index contributed by atoms with van der Waals surface area (Å²) in [6.07, 6.45) is 1.61. The van der Waals surface area contributed by atoms with Crippen molar-refractivity contribution < 1.29 is 60.4 Å². The Morgan fingerprint density at radius 1 is 1.20 bits per heavy atom. The van der Waals surface area contributed by atoms with Crippen LogP contribution in [0.15, 0.2) is 41.4 Å². The summed E-state index contributed by atoms with van der Waals surface area (Å²) >= 11 is 1.45. The number of halogens is 5. The van der Waals surface area contributed by atoms with Crippen molar-refractivity contribution >= 4 is 65.1 Å². The maximum absolute atomic E-state index is 14.5. The van der Waals surface area contributed by atoms with Gasteiger partial charge in [0.1, 0.15) is 29.1 Å². The van der Waals surface area contributed by atoms with E-state index >= 15 is 0 Å². The van der Waals surface area contributed by atoms with Gasteiger partial charge in [-0.2, -0.15) is 17.5 Å². The number of alkyl halides is 3. The first-order valence-electron chi connectivity index (χ1n) is 18.1. The Labute approximate surface area is 354 Å². The molecule has 0 aliphatic carbocycles. The Morgan fingerprint density at radius 3 is 2.44 bits per heavy atom. The van der Waals surface area contributed by atoms with Crippen LogP contribution in [0.5, 0.6) is 10.9 Å². The van der Waals surface area contributed by atoms with Crippen molar-refractivity contribution in [2.45, 2.75) is 65.3 Å². The summed E-state index contributed by atoms with van der Waals surface area (Å²) in [4.78, 5) is 51.1. The zero-order chi connectivity index (χ0) is 45.4. The normalized spacial score (nSPS) is 15.8. The number of nitrogens with zero attached hydrogens (tertiary/aromatic N) is 7. The number of terminal acetylenes is 1. The summed E-state index contributed by atoms with van der Waals surface area (Å²) in [5.41, 5.74) is 6.22. The predicted octanol–water partition coefficient (Wildman–Crippen LogP) is 5.46. The van der Waals surface area contributed by atoms with Crippen molar-refractivity contribution in [1.82, 2.24) is 19.1 Å². The van der Waals surface area contributed by atoms with Crippen molar-refractivity contribution in [1.29, 1.82) is 0 Å². The molecule has 2 amide bonds. The summed E-state index contributed by atoms with van der Waals surface area (Å²) in [5, 5.41) is 13.0. The number of benzene rings is 2. The highest BCUT2D eigenvalue weighted by molar-refractivity contribution is 7.57. The lowest BCUT2D eigenvalue weighted by molar-refractivity contribution is -0.139. The molecule has 61 heavy (non-hydrogen) atoms. The molecule has 330 valence electrons. The average molecular weight is 917 g/mol. The van der Waals surface area contributed by atoms with Gasteiger partial charge in [-0.3, -0.25) is 23.8 Å². The lowest BCUT2D eigenvalue weighted by Gasteiger charge is -2.28. The van der Waals surface area contributed by atoms with E-state index in [2.05, 4.69) is 39.3 Å². The molecule has 24 heteroatoms. The molecule has 2 aliphatic heterocycles. The number of carboxylic acid groups (broad SMARTS) is 1. The molecule has 0 saturated carbocycles. The molecule has 0 spiro atoms. The molecule has 0 bridgehead atoms. The van der Waals surface area contributed by atoms with E-state index in [0.717, 1.165) is 18.8 Å². The summed E-state index contributed by atoms with van der Waals surface area (Å²) in [7, 11) is -3.10. The van der Waals surface area contributed by atoms with E-state index in [4.69, 9.17) is 31.6 Å². The van der Waals surface area contributed by atoms with Gasteiger partial charge in [0.2, 0.25) is 9.81 Å². The highest BCUT2D eigenvalue weighted by Gasteiger charge is 2.36. The fourth-order valence-corrected chi connectivity index (χ4v) is 7.73. The van der Waals surface area contributed by atoms with E-state index in [0.29, 0.717) is 21.9 Å². The van der Waals surface area contributed by atoms with Gasteiger partial charge in [0.15, 0.2) is 26.4 Å². The third-order valence-electron chi connectivity index (χ3n) is 8.47. The summed E-state index contributed by atoms with van der Waals surface area (Å²) in [5.74, 6) is 0.837. The van der Waals surface area contributed by atoms with E-state index in [1.54, 1.807) is 13.8 Å². The third kappa shape index (κ3) is 13.6. The number of aliphatic carboxylic acids is 1. The number of carbonyl (C=O) groups is 3. The Kier molecular flexibility index (Phi) is 15.9. The monoisotopic (exact) mass is 916 g/mol. The van der Waals surface area contributed by atoms with Crippen LogP contribution in [0.3, 0.4) is 0 Å². The second kappa shape index (κ2) is 20.1. The predicted molar refractivity (Wildman–Crippen MR) is 216 cm³/mol. The zero-order valence-electron chi connectivity index (χ0n) is 33.4. The van der Waals surface area contributed by atoms with E-state index in [-0.39, 0.29) is 65.3 Å². The molecule has 16 nitrogen and oxygen atoms in total. The molecule has 6 rings (SSSR count). The summed E-state index contributed by atoms with van der Waals surface area (Å²) in [6, 6.07) is 6.74. The molecule has 2 aromatic heterocycles. The molecule has 0 saturated heterocycles. The van der Waals surface area contributed by atoms with E-state index < -0.39 is 54.7 Å². The second-order valence-electron chi connectivity index (χ2n) is 14.7. The van der Waals surface area contributed by atoms with Crippen molar-refractivity contribution in [2.24, 2.45) is 16.1 Å². The Hall–Kier alpha value is -5.27. The number of hydrogen-bond donors (Lipinski definition) is 3. The van der Waals surface area contributed by atoms with E-state index in [1.807, 2.05) is 4.57 Å². The van der Waals surface area contributed by atoms with Gasteiger partial charge in [-0.15, -0.1) is 11.5 Å². The molecule has 2 atom stereocenters. The van der Waals surface area contributed by atoms with Gasteiger partial charge in [0.25, 0.3) is 17.0 Å². The number of aromatic nitrogens is 4. The standard InChI is InChI=1S/C18H17FN4O2S.C14H13F4N3O2S.C5H12NO4P/c1-4-5-22-13-7-12(11(19)6-14(13)25-9-16(22)24)20-17-23-10-18(2,3)8-15(23)21-26-17;1-8(2)21(10-5-3-9(15)4-6-10)11(22)7-23-13-20-19-12(24-13)14(16,17)18;1-11(9,10)3-2-4(6)5(7)8/h1,6-7H,5,8-10H2,2-3H3;3-6,8H,7H2,1-2H3;4H,2-3,6H2,1H3,(H,7,8)(H,9,10)/b20-17-;;. The molecular formula is C37H42F5N8O8PS2. The van der Waals surface area contributed by atoms with Crippen molar-refractivity contribution in [2.75, 3.05) is 42.4 Å². The molecule has 0 radical (unpaired) electrons. The Balaban J connectivity index is 0.000000218. The van der Waals surface area contributed by atoms with Gasteiger partial charge >= 0.3 is 12.1 Å². The lowest BCUT2D eigenvalue weighted by atomic mass is 9.92. The molecule has 4 N–H and O–H groups in total. The molecule has 4 aromatic rings. The Bertz CT molecular complexity index is 2370. The van der Waals surface area contributed by atoms with E-state index in [9.17, 15) is 40.9 Å². The molecular weight excluding hydrogens is 875 g/mol. The van der Waals surface area contributed by atoms with Crippen molar-refractivity contribution in [3.05, 3.63) is 63.7 Å². The van der Waals surface area contributed by atoms with Crippen LogP contribution in [0.4, 0.5) is 39.0 Å². The first-order chi connectivity index (χ1) is 28.4. The van der Waals surface area contributed by atoms with Gasteiger partial charge in [-0.1, -0.05) is 36.2 Å².